The summed E-state index contributed by atoms with van der Waals surface area (Å²) in [4.78, 5) is 13.9. The van der Waals surface area contributed by atoms with Crippen molar-refractivity contribution in [2.45, 2.75) is 0 Å². The number of rotatable bonds is 4. The Morgan fingerprint density at radius 1 is 0.750 bits per heavy atom. The summed E-state index contributed by atoms with van der Waals surface area (Å²) < 4.78 is 20.1. The lowest BCUT2D eigenvalue weighted by Gasteiger charge is -2.07. The van der Waals surface area contributed by atoms with E-state index in [0.29, 0.717) is 11.4 Å². The van der Waals surface area contributed by atoms with Gasteiger partial charge in [-0.25, -0.2) is 19.3 Å². The molecule has 9 heteroatoms. The fraction of sp³-hybridized carbons (Fsp3) is 0. The van der Waals surface area contributed by atoms with Gasteiger partial charge in [-0.15, -0.1) is 10.2 Å². The molecular weight excluding hydrogens is 427 g/mol. The molecule has 0 spiro atoms. The predicted molar refractivity (Wildman–Crippen MR) is 121 cm³/mol. The fourth-order valence-corrected chi connectivity index (χ4v) is 4.18. The Bertz CT molecular complexity index is 1540. The molecule has 6 rings (SSSR count). The summed E-state index contributed by atoms with van der Waals surface area (Å²) in [6, 6.07) is 21.4. The molecule has 3 aromatic carbocycles. The molecule has 32 heavy (non-hydrogen) atoms. The van der Waals surface area contributed by atoms with Crippen molar-refractivity contribution >= 4 is 43.4 Å². The molecule has 0 aliphatic heterocycles. The van der Waals surface area contributed by atoms with Crippen LogP contribution in [0, 0.1) is 5.82 Å². The van der Waals surface area contributed by atoms with E-state index < -0.39 is 0 Å². The molecule has 3 aromatic heterocycles. The minimum atomic E-state index is -0.336. The molecule has 0 bridgehead atoms. The average Bonchev–Trinajstić information content (AvgIpc) is 3.46. The third-order valence-electron chi connectivity index (χ3n) is 4.83. The first-order valence-electron chi connectivity index (χ1n) is 9.72. The summed E-state index contributed by atoms with van der Waals surface area (Å²) in [5.41, 5.74) is 2.25. The smallest absolute Gasteiger partial charge is 0.286 e. The Morgan fingerprint density at radius 2 is 1.50 bits per heavy atom. The molecule has 0 aliphatic carbocycles. The second kappa shape index (κ2) is 7.47. The van der Waals surface area contributed by atoms with E-state index in [4.69, 9.17) is 4.42 Å². The van der Waals surface area contributed by atoms with Crippen molar-refractivity contribution in [2.24, 2.45) is 0 Å². The zero-order valence-corrected chi connectivity index (χ0v) is 17.2. The number of thiazole rings is 1. The second-order valence-electron chi connectivity index (χ2n) is 6.94. The Labute approximate surface area is 184 Å². The highest BCUT2D eigenvalue weighted by molar-refractivity contribution is 7.22. The molecule has 0 unspecified atom stereocenters. The summed E-state index contributed by atoms with van der Waals surface area (Å²) >= 11 is 1.54. The molecule has 0 saturated heterocycles. The number of hydrogen-bond donors (Lipinski definition) is 1. The summed E-state index contributed by atoms with van der Waals surface area (Å²) in [5, 5.41) is 13.0. The van der Waals surface area contributed by atoms with Crippen molar-refractivity contribution in [3.05, 3.63) is 78.6 Å². The van der Waals surface area contributed by atoms with Gasteiger partial charge in [0.25, 0.3) is 5.89 Å². The van der Waals surface area contributed by atoms with E-state index in [1.54, 1.807) is 23.5 Å². The first-order chi connectivity index (χ1) is 15.7. The van der Waals surface area contributed by atoms with Gasteiger partial charge in [-0.2, -0.15) is 0 Å². The lowest BCUT2D eigenvalue weighted by molar-refractivity contribution is 0.579. The number of halogens is 1. The number of anilines is 2. The van der Waals surface area contributed by atoms with Gasteiger partial charge >= 0.3 is 0 Å². The van der Waals surface area contributed by atoms with Crippen LogP contribution in [0.2, 0.25) is 0 Å². The lowest BCUT2D eigenvalue weighted by Crippen LogP contribution is -1.99. The third kappa shape index (κ3) is 3.34. The molecule has 3 heterocycles. The Balaban J connectivity index is 1.42. The molecule has 0 saturated carbocycles. The van der Waals surface area contributed by atoms with Crippen molar-refractivity contribution < 1.29 is 8.81 Å². The Hall–Kier alpha value is -4.24. The molecule has 0 fully saturated rings. The molecule has 154 valence electrons. The van der Waals surface area contributed by atoms with Gasteiger partial charge in [0.2, 0.25) is 11.7 Å². The SMILES string of the molecule is Fc1ccc(-c2nnc(-c3nc(Nc4nc5ccccc5s4)c4ccccc4n3)o2)cc1. The molecule has 0 aliphatic rings. The van der Waals surface area contributed by atoms with Crippen LogP contribution in [0.3, 0.4) is 0 Å². The van der Waals surface area contributed by atoms with E-state index in [-0.39, 0.29) is 23.4 Å². The van der Waals surface area contributed by atoms with E-state index in [0.717, 1.165) is 26.3 Å². The number of para-hydroxylation sites is 2. The number of aromatic nitrogens is 5. The van der Waals surface area contributed by atoms with Crippen molar-refractivity contribution in [1.29, 1.82) is 0 Å². The quantitative estimate of drug-likeness (QED) is 0.368. The van der Waals surface area contributed by atoms with E-state index in [1.165, 1.54) is 12.1 Å². The van der Waals surface area contributed by atoms with Gasteiger partial charge in [0, 0.05) is 10.9 Å². The van der Waals surface area contributed by atoms with Gasteiger partial charge < -0.3 is 9.73 Å². The van der Waals surface area contributed by atoms with Crippen LogP contribution in [0.15, 0.2) is 77.2 Å². The average molecular weight is 440 g/mol. The topological polar surface area (TPSA) is 89.6 Å². The van der Waals surface area contributed by atoms with Crippen LogP contribution in [0.1, 0.15) is 0 Å². The summed E-state index contributed by atoms with van der Waals surface area (Å²) in [6.07, 6.45) is 0. The third-order valence-corrected chi connectivity index (χ3v) is 5.78. The van der Waals surface area contributed by atoms with Crippen LogP contribution in [0.5, 0.6) is 0 Å². The number of hydrogen-bond acceptors (Lipinski definition) is 8. The summed E-state index contributed by atoms with van der Waals surface area (Å²) in [6.45, 7) is 0. The predicted octanol–water partition coefficient (Wildman–Crippen LogP) is 5.84. The Morgan fingerprint density at radius 3 is 2.34 bits per heavy atom. The number of fused-ring (bicyclic) bond motifs is 2. The molecule has 0 amide bonds. The van der Waals surface area contributed by atoms with Crippen molar-refractivity contribution in [2.75, 3.05) is 5.32 Å². The van der Waals surface area contributed by atoms with E-state index in [1.807, 2.05) is 48.5 Å². The minimum absolute atomic E-state index is 0.169. The van der Waals surface area contributed by atoms with Crippen molar-refractivity contribution in [1.82, 2.24) is 25.1 Å². The molecule has 0 atom stereocenters. The van der Waals surface area contributed by atoms with E-state index >= 15 is 0 Å². The zero-order valence-electron chi connectivity index (χ0n) is 16.4. The van der Waals surface area contributed by atoms with Gasteiger partial charge in [0.1, 0.15) is 11.6 Å². The first kappa shape index (κ1) is 18.5. The van der Waals surface area contributed by atoms with Gasteiger partial charge in [-0.3, -0.25) is 0 Å². The fourth-order valence-electron chi connectivity index (χ4n) is 3.32. The van der Waals surface area contributed by atoms with Crippen LogP contribution in [-0.4, -0.2) is 25.1 Å². The maximum atomic E-state index is 13.2. The normalized spacial score (nSPS) is 11.3. The van der Waals surface area contributed by atoms with Gasteiger partial charge in [-0.05, 0) is 48.5 Å². The van der Waals surface area contributed by atoms with Gasteiger partial charge in [0.05, 0.1) is 15.7 Å². The maximum absolute atomic E-state index is 13.2. The standard InChI is InChI=1S/C23H13FN6OS/c24-14-11-9-13(10-12-14)21-29-30-22(31-21)20-25-16-6-2-1-5-15(16)19(27-20)28-23-26-17-7-3-4-8-18(17)32-23/h1-12H,(H,25,26,27,28). The van der Waals surface area contributed by atoms with Crippen LogP contribution in [-0.2, 0) is 0 Å². The van der Waals surface area contributed by atoms with Crippen LogP contribution in [0.25, 0.3) is 44.3 Å². The molecule has 7 nitrogen and oxygen atoms in total. The van der Waals surface area contributed by atoms with E-state index in [9.17, 15) is 4.39 Å². The molecular formula is C23H13FN6OS. The van der Waals surface area contributed by atoms with Crippen LogP contribution in [0.4, 0.5) is 15.3 Å². The van der Waals surface area contributed by atoms with Crippen molar-refractivity contribution in [3.63, 3.8) is 0 Å². The highest BCUT2D eigenvalue weighted by Crippen LogP contribution is 2.31. The largest absolute Gasteiger partial charge is 0.413 e. The van der Waals surface area contributed by atoms with E-state index in [2.05, 4.69) is 30.5 Å². The number of nitrogens with one attached hydrogen (secondary N) is 1. The minimum Gasteiger partial charge on any atom is -0.413 e. The van der Waals surface area contributed by atoms with Crippen LogP contribution >= 0.6 is 11.3 Å². The first-order valence-corrected chi connectivity index (χ1v) is 10.5. The lowest BCUT2D eigenvalue weighted by atomic mass is 10.2. The molecule has 1 N–H and O–H groups in total. The van der Waals surface area contributed by atoms with Gasteiger partial charge in [0.15, 0.2) is 5.13 Å². The molecule has 0 radical (unpaired) electrons. The molecule has 6 aromatic rings. The Kier molecular flexibility index (Phi) is 4.32. The van der Waals surface area contributed by atoms with Gasteiger partial charge in [-0.1, -0.05) is 35.6 Å². The number of benzene rings is 3. The maximum Gasteiger partial charge on any atom is 0.286 e. The van der Waals surface area contributed by atoms with Crippen LogP contribution < -0.4 is 5.32 Å². The summed E-state index contributed by atoms with van der Waals surface area (Å²) in [5.74, 6) is 0.969. The highest BCUT2D eigenvalue weighted by atomic mass is 32.1. The monoisotopic (exact) mass is 440 g/mol. The number of nitrogens with zero attached hydrogens (tertiary/aromatic N) is 5. The summed E-state index contributed by atoms with van der Waals surface area (Å²) in [7, 11) is 0. The zero-order chi connectivity index (χ0) is 21.5. The van der Waals surface area contributed by atoms with Crippen molar-refractivity contribution in [3.8, 4) is 23.2 Å². The second-order valence-corrected chi connectivity index (χ2v) is 7.97. The highest BCUT2D eigenvalue weighted by Gasteiger charge is 2.17.